The number of nitrogens with one attached hydrogen (secondary N) is 1. The maximum atomic E-state index is 12.5. The fraction of sp³-hybridized carbons (Fsp3) is 0.261. The van der Waals surface area contributed by atoms with Gasteiger partial charge in [-0.3, -0.25) is 14.9 Å². The first-order chi connectivity index (χ1) is 16.8. The molecule has 1 fully saturated rings. The summed E-state index contributed by atoms with van der Waals surface area (Å²) in [4.78, 5) is 39.4. The van der Waals surface area contributed by atoms with E-state index in [9.17, 15) is 19.7 Å². The van der Waals surface area contributed by atoms with Crippen LogP contribution in [0.3, 0.4) is 0 Å². The van der Waals surface area contributed by atoms with Crippen LogP contribution in [0.25, 0.3) is 6.08 Å². The monoisotopic (exact) mass is 501 g/mol. The predicted octanol–water partition coefficient (Wildman–Crippen LogP) is 3.84. The summed E-state index contributed by atoms with van der Waals surface area (Å²) >= 11 is 1.09. The van der Waals surface area contributed by atoms with Gasteiger partial charge in [0.2, 0.25) is 0 Å². The normalized spacial score (nSPS) is 15.1. The Kier molecular flexibility index (Phi) is 8.68. The minimum Gasteiger partial charge on any atom is -0.490 e. The summed E-state index contributed by atoms with van der Waals surface area (Å²) in [6.45, 7) is 3.89. The molecule has 1 heterocycles. The van der Waals surface area contributed by atoms with E-state index in [1.165, 1.54) is 19.2 Å². The summed E-state index contributed by atoms with van der Waals surface area (Å²) in [6.07, 6.45) is 1.65. The molecule has 3 rings (SSSR count). The third-order valence-electron chi connectivity index (χ3n) is 4.46. The van der Waals surface area contributed by atoms with Gasteiger partial charge in [-0.2, -0.15) is 0 Å². The topological polar surface area (TPSA) is 139 Å². The third kappa shape index (κ3) is 6.73. The lowest BCUT2D eigenvalue weighted by Gasteiger charge is -2.12. The van der Waals surface area contributed by atoms with Gasteiger partial charge in [-0.1, -0.05) is 6.07 Å². The average molecular weight is 502 g/mol. The molecule has 11 nitrogen and oxygen atoms in total. The van der Waals surface area contributed by atoms with E-state index >= 15 is 0 Å². The molecule has 2 aromatic rings. The molecule has 0 atom stereocenters. The number of carbonyl (C=O) groups is 2. The number of methoxy groups -OCH3 is 1. The summed E-state index contributed by atoms with van der Waals surface area (Å²) < 4.78 is 21.0. The Labute approximate surface area is 205 Å². The van der Waals surface area contributed by atoms with Gasteiger partial charge in [-0.25, -0.2) is 9.79 Å². The molecular formula is C23H23N3O8S. The molecule has 1 aliphatic rings. The zero-order valence-electron chi connectivity index (χ0n) is 19.2. The van der Waals surface area contributed by atoms with Crippen LogP contribution >= 0.6 is 11.8 Å². The Morgan fingerprint density at radius 2 is 1.89 bits per heavy atom. The maximum Gasteiger partial charge on any atom is 0.344 e. The van der Waals surface area contributed by atoms with Crippen molar-refractivity contribution >= 4 is 46.3 Å². The second-order valence-electron chi connectivity index (χ2n) is 6.83. The second-order valence-corrected chi connectivity index (χ2v) is 7.86. The van der Waals surface area contributed by atoms with Crippen LogP contribution in [0.5, 0.6) is 17.2 Å². The highest BCUT2D eigenvalue weighted by atomic mass is 32.2. The van der Waals surface area contributed by atoms with Gasteiger partial charge in [0.25, 0.3) is 5.91 Å². The van der Waals surface area contributed by atoms with E-state index in [1.807, 2.05) is 6.92 Å². The van der Waals surface area contributed by atoms with E-state index in [2.05, 4.69) is 10.3 Å². The van der Waals surface area contributed by atoms with Crippen LogP contribution < -0.4 is 19.5 Å². The van der Waals surface area contributed by atoms with Gasteiger partial charge in [-0.15, -0.1) is 0 Å². The molecule has 1 N–H and O–H groups in total. The van der Waals surface area contributed by atoms with E-state index in [1.54, 1.807) is 37.3 Å². The SMILES string of the molecule is CCOC(=O)COc1ccc(/C=C2\SC(=Nc3ccc(OC)c([N+](=O)[O-])c3)NC2=O)cc1OCC. The van der Waals surface area contributed by atoms with Gasteiger partial charge in [0.15, 0.2) is 29.0 Å². The van der Waals surface area contributed by atoms with Gasteiger partial charge in [0.1, 0.15) is 0 Å². The fourth-order valence-electron chi connectivity index (χ4n) is 2.98. The van der Waals surface area contributed by atoms with Crippen LogP contribution in [0.15, 0.2) is 46.3 Å². The minimum atomic E-state index is -0.565. The number of rotatable bonds is 10. The number of benzene rings is 2. The molecule has 1 saturated heterocycles. The standard InChI is InChI=1S/C23H23N3O8S/c1-4-32-19-10-14(6-8-18(19)34-13-21(27)33-5-2)11-20-22(28)25-23(35-20)24-15-7-9-17(31-3)16(12-15)26(29)30/h6-12H,4-5,13H2,1-3H3,(H,24,25,28)/b20-11-. The number of esters is 1. The molecule has 0 aliphatic carbocycles. The molecule has 1 amide bonds. The number of nitro groups is 1. The van der Waals surface area contributed by atoms with Crippen LogP contribution in [-0.2, 0) is 14.3 Å². The molecule has 0 spiro atoms. The van der Waals surface area contributed by atoms with Crippen molar-refractivity contribution in [1.29, 1.82) is 0 Å². The van der Waals surface area contributed by atoms with E-state index < -0.39 is 10.9 Å². The zero-order valence-corrected chi connectivity index (χ0v) is 20.0. The number of amidine groups is 1. The number of amides is 1. The number of hydrogen-bond acceptors (Lipinski definition) is 10. The first-order valence-corrected chi connectivity index (χ1v) is 11.3. The van der Waals surface area contributed by atoms with Crippen molar-refractivity contribution in [3.8, 4) is 17.2 Å². The van der Waals surface area contributed by atoms with Crippen molar-refractivity contribution < 1.29 is 33.5 Å². The molecule has 184 valence electrons. The highest BCUT2D eigenvalue weighted by molar-refractivity contribution is 8.18. The molecule has 0 unspecified atom stereocenters. The summed E-state index contributed by atoms with van der Waals surface area (Å²) in [5.74, 6) is 0.0388. The number of hydrogen-bond donors (Lipinski definition) is 1. The minimum absolute atomic E-state index is 0.113. The lowest BCUT2D eigenvalue weighted by Crippen LogP contribution is -2.19. The van der Waals surface area contributed by atoms with Crippen LogP contribution in [0.1, 0.15) is 19.4 Å². The van der Waals surface area contributed by atoms with Gasteiger partial charge < -0.3 is 24.3 Å². The van der Waals surface area contributed by atoms with Gasteiger partial charge in [0, 0.05) is 6.07 Å². The Morgan fingerprint density at radius 1 is 1.11 bits per heavy atom. The lowest BCUT2D eigenvalue weighted by molar-refractivity contribution is -0.385. The lowest BCUT2D eigenvalue weighted by atomic mass is 10.2. The molecule has 0 aromatic heterocycles. The molecule has 0 radical (unpaired) electrons. The van der Waals surface area contributed by atoms with E-state index in [-0.39, 0.29) is 35.7 Å². The third-order valence-corrected chi connectivity index (χ3v) is 5.37. The van der Waals surface area contributed by atoms with Crippen LogP contribution in [-0.4, -0.2) is 48.9 Å². The van der Waals surface area contributed by atoms with Crippen molar-refractivity contribution in [3.63, 3.8) is 0 Å². The molecule has 35 heavy (non-hydrogen) atoms. The number of nitro benzene ring substituents is 1. The quantitative estimate of drug-likeness (QED) is 0.223. The predicted molar refractivity (Wildman–Crippen MR) is 130 cm³/mol. The van der Waals surface area contributed by atoms with Crippen molar-refractivity contribution in [3.05, 3.63) is 57.0 Å². The Bertz CT molecular complexity index is 1200. The highest BCUT2D eigenvalue weighted by Crippen LogP contribution is 2.34. The van der Waals surface area contributed by atoms with Gasteiger partial charge in [-0.05, 0) is 61.5 Å². The Balaban J connectivity index is 1.79. The van der Waals surface area contributed by atoms with E-state index in [0.717, 1.165) is 11.8 Å². The zero-order chi connectivity index (χ0) is 25.4. The van der Waals surface area contributed by atoms with E-state index in [4.69, 9.17) is 18.9 Å². The molecule has 12 heteroatoms. The summed E-state index contributed by atoms with van der Waals surface area (Å²) in [5.41, 5.74) is 0.729. The van der Waals surface area contributed by atoms with Crippen LogP contribution in [0.4, 0.5) is 11.4 Å². The maximum absolute atomic E-state index is 12.5. The number of nitrogens with zero attached hydrogens (tertiary/aromatic N) is 2. The number of aliphatic imine (C=N–C) groups is 1. The highest BCUT2D eigenvalue weighted by Gasteiger charge is 2.25. The Hall–Kier alpha value is -4.06. The molecule has 0 saturated carbocycles. The Morgan fingerprint density at radius 3 is 2.57 bits per heavy atom. The molecule has 2 aromatic carbocycles. The second kappa shape index (κ2) is 11.9. The van der Waals surface area contributed by atoms with Crippen molar-refractivity contribution in [2.75, 3.05) is 26.9 Å². The average Bonchev–Trinajstić information content (AvgIpc) is 3.17. The first-order valence-electron chi connectivity index (χ1n) is 10.5. The van der Waals surface area contributed by atoms with Crippen LogP contribution in [0.2, 0.25) is 0 Å². The number of carbonyl (C=O) groups excluding carboxylic acids is 2. The van der Waals surface area contributed by atoms with Crippen molar-refractivity contribution in [1.82, 2.24) is 5.32 Å². The molecular weight excluding hydrogens is 478 g/mol. The first kappa shape index (κ1) is 25.6. The molecule has 0 bridgehead atoms. The largest absolute Gasteiger partial charge is 0.490 e. The van der Waals surface area contributed by atoms with Crippen LogP contribution in [0, 0.1) is 10.1 Å². The van der Waals surface area contributed by atoms with Gasteiger partial charge in [0.05, 0.1) is 35.8 Å². The summed E-state index contributed by atoms with van der Waals surface area (Å²) in [6, 6.07) is 9.30. The molecule has 1 aliphatic heterocycles. The number of ether oxygens (including phenoxy) is 4. The fourth-order valence-corrected chi connectivity index (χ4v) is 3.82. The van der Waals surface area contributed by atoms with E-state index in [0.29, 0.717) is 34.3 Å². The summed E-state index contributed by atoms with van der Waals surface area (Å²) in [7, 11) is 1.34. The van der Waals surface area contributed by atoms with Crippen molar-refractivity contribution in [2.45, 2.75) is 13.8 Å². The summed E-state index contributed by atoms with van der Waals surface area (Å²) in [5, 5.41) is 14.2. The smallest absolute Gasteiger partial charge is 0.344 e. The van der Waals surface area contributed by atoms with Gasteiger partial charge >= 0.3 is 11.7 Å². The number of thioether (sulfide) groups is 1. The van der Waals surface area contributed by atoms with Crippen molar-refractivity contribution in [2.24, 2.45) is 4.99 Å².